The molecule has 0 spiro atoms. The van der Waals surface area contributed by atoms with Crippen molar-refractivity contribution < 1.29 is 19.1 Å². The van der Waals surface area contributed by atoms with Crippen LogP contribution in [0.3, 0.4) is 0 Å². The lowest BCUT2D eigenvalue weighted by molar-refractivity contribution is -0.149. The number of halogens is 1. The molecule has 0 N–H and O–H groups in total. The molecule has 0 amide bonds. The summed E-state index contributed by atoms with van der Waals surface area (Å²) in [7, 11) is 1.22. The molecule has 6 nitrogen and oxygen atoms in total. The van der Waals surface area contributed by atoms with E-state index in [2.05, 4.69) is 9.84 Å². The number of carbonyl (C=O) groups excluding carboxylic acids is 2. The van der Waals surface area contributed by atoms with Gasteiger partial charge in [0.2, 0.25) is 0 Å². The van der Waals surface area contributed by atoms with Gasteiger partial charge >= 0.3 is 11.9 Å². The SMILES string of the molecule is COC(=O)C(C)OC(=O)c1c(C)nn(-c2ccccc2)c1Cl. The van der Waals surface area contributed by atoms with E-state index in [0.29, 0.717) is 5.69 Å². The monoisotopic (exact) mass is 322 g/mol. The number of rotatable bonds is 4. The van der Waals surface area contributed by atoms with E-state index >= 15 is 0 Å². The van der Waals surface area contributed by atoms with Crippen LogP contribution in [-0.4, -0.2) is 34.9 Å². The summed E-state index contributed by atoms with van der Waals surface area (Å²) in [5.41, 5.74) is 1.26. The highest BCUT2D eigenvalue weighted by molar-refractivity contribution is 6.33. The lowest BCUT2D eigenvalue weighted by Crippen LogP contribution is -2.25. The first kappa shape index (κ1) is 16.0. The largest absolute Gasteiger partial charge is 0.466 e. The summed E-state index contributed by atoms with van der Waals surface area (Å²) in [6, 6.07) is 9.15. The van der Waals surface area contributed by atoms with Crippen LogP contribution in [-0.2, 0) is 14.3 Å². The van der Waals surface area contributed by atoms with E-state index in [1.54, 1.807) is 6.92 Å². The minimum absolute atomic E-state index is 0.126. The number of hydrogen-bond acceptors (Lipinski definition) is 5. The molecule has 0 aliphatic heterocycles. The molecule has 0 bridgehead atoms. The number of aromatic nitrogens is 2. The highest BCUT2D eigenvalue weighted by Gasteiger charge is 2.26. The lowest BCUT2D eigenvalue weighted by atomic mass is 10.2. The van der Waals surface area contributed by atoms with Crippen LogP contribution >= 0.6 is 11.6 Å². The Morgan fingerprint density at radius 1 is 1.27 bits per heavy atom. The van der Waals surface area contributed by atoms with Crippen LogP contribution in [0.1, 0.15) is 23.0 Å². The fourth-order valence-corrected chi connectivity index (χ4v) is 2.25. The Morgan fingerprint density at radius 2 is 1.91 bits per heavy atom. The lowest BCUT2D eigenvalue weighted by Gasteiger charge is -2.10. The number of para-hydroxylation sites is 1. The van der Waals surface area contributed by atoms with Gasteiger partial charge in [0.05, 0.1) is 18.5 Å². The molecule has 2 rings (SSSR count). The quantitative estimate of drug-likeness (QED) is 0.809. The summed E-state index contributed by atoms with van der Waals surface area (Å²) in [5, 5.41) is 4.37. The topological polar surface area (TPSA) is 70.4 Å². The van der Waals surface area contributed by atoms with Gasteiger partial charge in [-0.1, -0.05) is 29.8 Å². The van der Waals surface area contributed by atoms with Crippen molar-refractivity contribution in [2.75, 3.05) is 7.11 Å². The molecule has 1 unspecified atom stereocenters. The second-order valence-corrected chi connectivity index (χ2v) is 4.93. The number of ether oxygens (including phenoxy) is 2. The summed E-state index contributed by atoms with van der Waals surface area (Å²) in [4.78, 5) is 23.5. The molecule has 2 aromatic rings. The van der Waals surface area contributed by atoms with E-state index in [9.17, 15) is 9.59 Å². The third kappa shape index (κ3) is 3.12. The van der Waals surface area contributed by atoms with Gasteiger partial charge in [-0.3, -0.25) is 0 Å². The van der Waals surface area contributed by atoms with Crippen LogP contribution in [0.5, 0.6) is 0 Å². The zero-order chi connectivity index (χ0) is 16.3. The molecule has 0 fully saturated rings. The predicted molar refractivity (Wildman–Crippen MR) is 80.2 cm³/mol. The molecule has 1 heterocycles. The second-order valence-electron chi connectivity index (χ2n) is 4.57. The van der Waals surface area contributed by atoms with Crippen LogP contribution in [0.25, 0.3) is 5.69 Å². The van der Waals surface area contributed by atoms with E-state index < -0.39 is 18.0 Å². The number of esters is 2. The molecule has 0 aliphatic carbocycles. The van der Waals surface area contributed by atoms with Gasteiger partial charge in [-0.15, -0.1) is 0 Å². The minimum Gasteiger partial charge on any atom is -0.466 e. The zero-order valence-electron chi connectivity index (χ0n) is 12.4. The van der Waals surface area contributed by atoms with Gasteiger partial charge in [0.25, 0.3) is 0 Å². The molecule has 1 atom stereocenters. The summed E-state index contributed by atoms with van der Waals surface area (Å²) >= 11 is 6.24. The van der Waals surface area contributed by atoms with Crippen molar-refractivity contribution in [1.29, 1.82) is 0 Å². The van der Waals surface area contributed by atoms with Crippen molar-refractivity contribution in [3.05, 3.63) is 46.7 Å². The standard InChI is InChI=1S/C15H15ClN2O4/c1-9-12(15(20)22-10(2)14(19)21-3)13(16)18(17-9)11-7-5-4-6-8-11/h4-8,10H,1-3H3. The Morgan fingerprint density at radius 3 is 2.50 bits per heavy atom. The first-order chi connectivity index (χ1) is 10.5. The average molecular weight is 323 g/mol. The number of carbonyl (C=O) groups is 2. The van der Waals surface area contributed by atoms with Gasteiger partial charge in [-0.25, -0.2) is 14.3 Å². The zero-order valence-corrected chi connectivity index (χ0v) is 13.1. The molecule has 7 heteroatoms. The van der Waals surface area contributed by atoms with Crippen molar-refractivity contribution in [2.24, 2.45) is 0 Å². The molecule has 0 radical (unpaired) electrons. The fraction of sp³-hybridized carbons (Fsp3) is 0.267. The minimum atomic E-state index is -1.02. The molecule has 1 aromatic carbocycles. The maximum Gasteiger partial charge on any atom is 0.346 e. The van der Waals surface area contributed by atoms with Crippen LogP contribution < -0.4 is 0 Å². The maximum atomic E-state index is 12.2. The molecule has 0 saturated heterocycles. The Balaban J connectivity index is 2.31. The third-order valence-electron chi connectivity index (χ3n) is 3.03. The van der Waals surface area contributed by atoms with Crippen LogP contribution in [0.2, 0.25) is 5.15 Å². The van der Waals surface area contributed by atoms with Gasteiger partial charge in [0, 0.05) is 0 Å². The molecule has 22 heavy (non-hydrogen) atoms. The van der Waals surface area contributed by atoms with Gasteiger partial charge in [0.1, 0.15) is 10.7 Å². The Bertz CT molecular complexity index is 697. The summed E-state index contributed by atoms with van der Waals surface area (Å²) in [6.07, 6.45) is -1.02. The van der Waals surface area contributed by atoms with Crippen molar-refractivity contribution in [2.45, 2.75) is 20.0 Å². The Kier molecular flexibility index (Phi) is 4.82. The van der Waals surface area contributed by atoms with Crippen LogP contribution in [0.4, 0.5) is 0 Å². The molecule has 0 saturated carbocycles. The first-order valence-electron chi connectivity index (χ1n) is 6.55. The molecule has 1 aromatic heterocycles. The van der Waals surface area contributed by atoms with Crippen molar-refractivity contribution >= 4 is 23.5 Å². The fourth-order valence-electron chi connectivity index (χ4n) is 1.90. The number of methoxy groups -OCH3 is 1. The number of benzene rings is 1. The van der Waals surface area contributed by atoms with Crippen molar-refractivity contribution in [3.8, 4) is 5.69 Å². The number of hydrogen-bond donors (Lipinski definition) is 0. The number of aryl methyl sites for hydroxylation is 1. The van der Waals surface area contributed by atoms with Gasteiger partial charge in [0.15, 0.2) is 6.10 Å². The highest BCUT2D eigenvalue weighted by Crippen LogP contribution is 2.24. The van der Waals surface area contributed by atoms with E-state index in [-0.39, 0.29) is 10.7 Å². The van der Waals surface area contributed by atoms with Crippen LogP contribution in [0.15, 0.2) is 30.3 Å². The highest BCUT2D eigenvalue weighted by atomic mass is 35.5. The summed E-state index contributed by atoms with van der Waals surface area (Å²) in [5.74, 6) is -1.36. The molecule has 0 aliphatic rings. The molecular formula is C15H15ClN2O4. The smallest absolute Gasteiger partial charge is 0.346 e. The first-order valence-corrected chi connectivity index (χ1v) is 6.92. The summed E-state index contributed by atoms with van der Waals surface area (Å²) in [6.45, 7) is 3.07. The van der Waals surface area contributed by atoms with Gasteiger partial charge in [-0.2, -0.15) is 5.10 Å². The van der Waals surface area contributed by atoms with Gasteiger partial charge < -0.3 is 9.47 Å². The molecular weight excluding hydrogens is 308 g/mol. The normalized spacial score (nSPS) is 11.8. The maximum absolute atomic E-state index is 12.2. The third-order valence-corrected chi connectivity index (χ3v) is 3.37. The Hall–Kier alpha value is -2.34. The summed E-state index contributed by atoms with van der Waals surface area (Å²) < 4.78 is 11.0. The second kappa shape index (κ2) is 6.62. The number of nitrogens with zero attached hydrogens (tertiary/aromatic N) is 2. The van der Waals surface area contributed by atoms with E-state index in [1.165, 1.54) is 18.7 Å². The van der Waals surface area contributed by atoms with E-state index in [4.69, 9.17) is 16.3 Å². The van der Waals surface area contributed by atoms with Gasteiger partial charge in [-0.05, 0) is 26.0 Å². The Labute approximate surface area is 132 Å². The van der Waals surface area contributed by atoms with Crippen molar-refractivity contribution in [3.63, 3.8) is 0 Å². The van der Waals surface area contributed by atoms with E-state index in [0.717, 1.165) is 5.69 Å². The van der Waals surface area contributed by atoms with Crippen molar-refractivity contribution in [1.82, 2.24) is 9.78 Å². The average Bonchev–Trinajstić information content (AvgIpc) is 2.82. The van der Waals surface area contributed by atoms with Crippen LogP contribution in [0, 0.1) is 6.92 Å². The van der Waals surface area contributed by atoms with E-state index in [1.807, 2.05) is 30.3 Å². The molecule has 116 valence electrons. The predicted octanol–water partition coefficient (Wildman–Crippen LogP) is 2.55.